The lowest BCUT2D eigenvalue weighted by atomic mass is 10.0. The third kappa shape index (κ3) is 3.85. The quantitative estimate of drug-likeness (QED) is 0.608. The Morgan fingerprint density at radius 1 is 1.03 bits per heavy atom. The van der Waals surface area contributed by atoms with Crippen molar-refractivity contribution in [1.29, 1.82) is 0 Å². The number of benzene rings is 2. The molecule has 9 heteroatoms. The van der Waals surface area contributed by atoms with Gasteiger partial charge < -0.3 is 9.67 Å². The SMILES string of the molecule is O=C(O)c1cn(C2CC2)c2cc(-c3ccc(S(=O)(=O)N4CCCCC4)cc3)c(F)cc2c1=O. The molecule has 1 saturated carbocycles. The predicted molar refractivity (Wildman–Crippen MR) is 121 cm³/mol. The van der Waals surface area contributed by atoms with Crippen molar-refractivity contribution in [3.8, 4) is 11.1 Å². The van der Waals surface area contributed by atoms with Crippen LogP contribution >= 0.6 is 0 Å². The number of aromatic carboxylic acids is 1. The molecule has 3 aromatic rings. The van der Waals surface area contributed by atoms with E-state index in [9.17, 15) is 23.1 Å². The Morgan fingerprint density at radius 3 is 2.30 bits per heavy atom. The monoisotopic (exact) mass is 470 g/mol. The van der Waals surface area contributed by atoms with Gasteiger partial charge in [0.2, 0.25) is 15.5 Å². The van der Waals surface area contributed by atoms with Crippen molar-refractivity contribution in [3.63, 3.8) is 0 Å². The number of carbonyl (C=O) groups is 1. The van der Waals surface area contributed by atoms with Crippen LogP contribution in [0.25, 0.3) is 22.0 Å². The van der Waals surface area contributed by atoms with Gasteiger partial charge >= 0.3 is 5.97 Å². The van der Waals surface area contributed by atoms with E-state index in [1.54, 1.807) is 22.8 Å². The Labute approximate surface area is 190 Å². The highest BCUT2D eigenvalue weighted by Crippen LogP contribution is 2.38. The van der Waals surface area contributed by atoms with Crippen LogP contribution in [0.1, 0.15) is 48.5 Å². The van der Waals surface area contributed by atoms with Gasteiger partial charge in [-0.05, 0) is 55.5 Å². The molecule has 1 saturated heterocycles. The minimum Gasteiger partial charge on any atom is -0.477 e. The number of sulfonamides is 1. The van der Waals surface area contributed by atoms with E-state index in [0.717, 1.165) is 38.2 Å². The highest BCUT2D eigenvalue weighted by atomic mass is 32.2. The van der Waals surface area contributed by atoms with Gasteiger partial charge in [0.25, 0.3) is 0 Å². The molecule has 1 aromatic heterocycles. The standard InChI is InChI=1S/C24H23FN2O5S/c25-21-12-19-22(27(16-6-7-16)14-20(23(19)28)24(29)30)13-18(21)15-4-8-17(9-5-15)33(31,32)26-10-2-1-3-11-26/h4-5,8-9,12-14,16H,1-3,6-7,10-11H2,(H,29,30). The van der Waals surface area contributed by atoms with Crippen LogP contribution < -0.4 is 5.43 Å². The van der Waals surface area contributed by atoms with E-state index in [4.69, 9.17) is 0 Å². The Bertz CT molecular complexity index is 1420. The van der Waals surface area contributed by atoms with Crippen molar-refractivity contribution >= 4 is 26.9 Å². The summed E-state index contributed by atoms with van der Waals surface area (Å²) in [6.45, 7) is 1.00. The van der Waals surface area contributed by atoms with Crippen LogP contribution in [0.3, 0.4) is 0 Å². The fraction of sp³-hybridized carbons (Fsp3) is 0.333. The Balaban J connectivity index is 1.58. The van der Waals surface area contributed by atoms with E-state index in [0.29, 0.717) is 24.2 Å². The van der Waals surface area contributed by atoms with Crippen LogP contribution in [0, 0.1) is 5.82 Å². The van der Waals surface area contributed by atoms with E-state index >= 15 is 4.39 Å². The van der Waals surface area contributed by atoms with Crippen LogP contribution in [-0.4, -0.2) is 41.5 Å². The van der Waals surface area contributed by atoms with Gasteiger partial charge in [-0.25, -0.2) is 17.6 Å². The molecule has 0 spiro atoms. The lowest BCUT2D eigenvalue weighted by Crippen LogP contribution is -2.35. The average molecular weight is 471 g/mol. The van der Waals surface area contributed by atoms with Gasteiger partial charge in [0.05, 0.1) is 10.4 Å². The van der Waals surface area contributed by atoms with E-state index in [2.05, 4.69) is 0 Å². The zero-order chi connectivity index (χ0) is 23.3. The van der Waals surface area contributed by atoms with E-state index in [1.807, 2.05) is 0 Å². The van der Waals surface area contributed by atoms with Gasteiger partial charge in [0.15, 0.2) is 0 Å². The van der Waals surface area contributed by atoms with Crippen LogP contribution in [0.5, 0.6) is 0 Å². The number of nitrogens with zero attached hydrogens (tertiary/aromatic N) is 2. The molecule has 33 heavy (non-hydrogen) atoms. The Hall–Kier alpha value is -3.04. The first-order chi connectivity index (χ1) is 15.8. The maximum absolute atomic E-state index is 15.1. The molecule has 0 atom stereocenters. The third-order valence-electron chi connectivity index (χ3n) is 6.41. The zero-order valence-electron chi connectivity index (χ0n) is 17.8. The van der Waals surface area contributed by atoms with Gasteiger partial charge in [-0.3, -0.25) is 4.79 Å². The first-order valence-corrected chi connectivity index (χ1v) is 12.4. The minimum absolute atomic E-state index is 0.0207. The largest absolute Gasteiger partial charge is 0.477 e. The average Bonchev–Trinajstić information content (AvgIpc) is 3.65. The van der Waals surface area contributed by atoms with Crippen LogP contribution in [0.15, 0.2) is 52.3 Å². The van der Waals surface area contributed by atoms with E-state index < -0.39 is 27.2 Å². The van der Waals surface area contributed by atoms with Crippen molar-refractivity contribution in [2.45, 2.75) is 43.0 Å². The second-order valence-corrected chi connectivity index (χ2v) is 10.6. The summed E-state index contributed by atoms with van der Waals surface area (Å²) >= 11 is 0. The number of rotatable bonds is 5. The molecule has 2 heterocycles. The number of aromatic nitrogens is 1. The molecule has 172 valence electrons. The number of hydrogen-bond donors (Lipinski definition) is 1. The van der Waals surface area contributed by atoms with E-state index in [1.165, 1.54) is 22.6 Å². The highest BCUT2D eigenvalue weighted by molar-refractivity contribution is 7.89. The molecular weight excluding hydrogens is 447 g/mol. The molecule has 2 fully saturated rings. The summed E-state index contributed by atoms with van der Waals surface area (Å²) in [7, 11) is -3.60. The summed E-state index contributed by atoms with van der Waals surface area (Å²) < 4.78 is 44.1. The zero-order valence-corrected chi connectivity index (χ0v) is 18.6. The highest BCUT2D eigenvalue weighted by Gasteiger charge is 2.28. The van der Waals surface area contributed by atoms with Crippen molar-refractivity contribution in [2.24, 2.45) is 0 Å². The molecule has 2 aromatic carbocycles. The van der Waals surface area contributed by atoms with Gasteiger partial charge in [-0.15, -0.1) is 0 Å². The molecule has 7 nitrogen and oxygen atoms in total. The smallest absolute Gasteiger partial charge is 0.341 e. The van der Waals surface area contributed by atoms with E-state index in [-0.39, 0.29) is 27.5 Å². The van der Waals surface area contributed by atoms with Crippen molar-refractivity contribution in [1.82, 2.24) is 8.87 Å². The number of pyridine rings is 1. The normalized spacial score (nSPS) is 17.4. The summed E-state index contributed by atoms with van der Waals surface area (Å²) in [6.07, 6.45) is 5.74. The molecule has 0 unspecified atom stereocenters. The van der Waals surface area contributed by atoms with Crippen LogP contribution in [0.4, 0.5) is 4.39 Å². The number of halogens is 1. The molecule has 1 aliphatic heterocycles. The maximum Gasteiger partial charge on any atom is 0.341 e. The molecular formula is C24H23FN2O5S. The van der Waals surface area contributed by atoms with Crippen molar-refractivity contribution < 1.29 is 22.7 Å². The second kappa shape index (κ2) is 8.07. The lowest BCUT2D eigenvalue weighted by molar-refractivity contribution is 0.0695. The second-order valence-electron chi connectivity index (χ2n) is 8.65. The number of carboxylic acid groups (broad SMARTS) is 1. The van der Waals surface area contributed by atoms with Crippen molar-refractivity contribution in [2.75, 3.05) is 13.1 Å². The van der Waals surface area contributed by atoms with Gasteiger partial charge in [-0.1, -0.05) is 18.6 Å². The first-order valence-electron chi connectivity index (χ1n) is 11.0. The number of hydrogen-bond acceptors (Lipinski definition) is 4. The fourth-order valence-corrected chi connectivity index (χ4v) is 5.98. The molecule has 2 aliphatic rings. The Kier molecular flexibility index (Phi) is 5.33. The summed E-state index contributed by atoms with van der Waals surface area (Å²) in [5, 5.41) is 9.40. The molecule has 0 radical (unpaired) electrons. The predicted octanol–water partition coefficient (Wildman–Crippen LogP) is 4.02. The Morgan fingerprint density at radius 2 is 1.70 bits per heavy atom. The lowest BCUT2D eigenvalue weighted by Gasteiger charge is -2.25. The molecule has 0 amide bonds. The summed E-state index contributed by atoms with van der Waals surface area (Å²) in [5.41, 5.74) is 0.0657. The fourth-order valence-electron chi connectivity index (χ4n) is 4.46. The first kappa shape index (κ1) is 21.8. The number of piperidine rings is 1. The summed E-state index contributed by atoms with van der Waals surface area (Å²) in [6, 6.07) is 8.77. The number of carboxylic acids is 1. The minimum atomic E-state index is -3.60. The topological polar surface area (TPSA) is 96.7 Å². The van der Waals surface area contributed by atoms with Crippen LogP contribution in [0.2, 0.25) is 0 Å². The molecule has 0 bridgehead atoms. The van der Waals surface area contributed by atoms with Gasteiger partial charge in [0.1, 0.15) is 11.4 Å². The van der Waals surface area contributed by atoms with Crippen molar-refractivity contribution in [3.05, 3.63) is 64.2 Å². The van der Waals surface area contributed by atoms with Crippen LogP contribution in [-0.2, 0) is 10.0 Å². The molecule has 1 N–H and O–H groups in total. The summed E-state index contributed by atoms with van der Waals surface area (Å²) in [4.78, 5) is 24.3. The summed E-state index contributed by atoms with van der Waals surface area (Å²) in [5.74, 6) is -2.01. The maximum atomic E-state index is 15.1. The van der Waals surface area contributed by atoms with Gasteiger partial charge in [-0.2, -0.15) is 4.31 Å². The third-order valence-corrected chi connectivity index (χ3v) is 8.32. The number of fused-ring (bicyclic) bond motifs is 1. The van der Waals surface area contributed by atoms with Gasteiger partial charge in [0, 0.05) is 36.3 Å². The molecule has 5 rings (SSSR count). The molecule has 1 aliphatic carbocycles.